The van der Waals surface area contributed by atoms with Gasteiger partial charge < -0.3 is 16.9 Å². The van der Waals surface area contributed by atoms with Crippen molar-refractivity contribution in [3.63, 3.8) is 0 Å². The number of unbranched alkanes of at least 4 members (excludes halogenated alkanes) is 1. The van der Waals surface area contributed by atoms with Gasteiger partial charge in [0.2, 0.25) is 0 Å². The van der Waals surface area contributed by atoms with Crippen molar-refractivity contribution in [3.05, 3.63) is 6.92 Å². The molecule has 3 heteroatoms. The Hall–Kier alpha value is 0.608. The van der Waals surface area contributed by atoms with Crippen molar-refractivity contribution < 1.29 is 26.2 Å². The molecule has 0 aliphatic carbocycles. The Morgan fingerprint density at radius 2 is 2.00 bits per heavy atom. The first-order valence-corrected chi connectivity index (χ1v) is 5.36. The normalized spacial score (nSPS) is 26.4. The van der Waals surface area contributed by atoms with E-state index in [1.807, 2.05) is 13.8 Å². The van der Waals surface area contributed by atoms with E-state index < -0.39 is 5.60 Å². The maximum absolute atomic E-state index is 9.92. The van der Waals surface area contributed by atoms with Gasteiger partial charge in [0, 0.05) is 34.2 Å². The first kappa shape index (κ1) is 17.0. The summed E-state index contributed by atoms with van der Waals surface area (Å²) in [6.07, 6.45) is 3.83. The van der Waals surface area contributed by atoms with Gasteiger partial charge in [-0.05, 0) is 19.9 Å². The van der Waals surface area contributed by atoms with Crippen LogP contribution in [0.2, 0.25) is 0 Å². The third kappa shape index (κ3) is 6.16. The number of β-amino-alcohol motifs (C(OH)–C–C–N with tert-alkyl or cyclic N) is 1. The molecule has 1 heterocycles. The van der Waals surface area contributed by atoms with Crippen LogP contribution in [0.3, 0.4) is 0 Å². The summed E-state index contributed by atoms with van der Waals surface area (Å²) in [6.45, 7) is 9.65. The van der Waals surface area contributed by atoms with Gasteiger partial charge in [-0.15, -0.1) is 0 Å². The third-order valence-corrected chi connectivity index (χ3v) is 2.42. The summed E-state index contributed by atoms with van der Waals surface area (Å²) in [7, 11) is 2.06. The van der Waals surface area contributed by atoms with Crippen molar-refractivity contribution in [3.8, 4) is 0 Å². The molecule has 1 aliphatic rings. The Labute approximate surface area is 103 Å². The van der Waals surface area contributed by atoms with E-state index in [0.29, 0.717) is 0 Å². The third-order valence-electron chi connectivity index (χ3n) is 2.42. The van der Waals surface area contributed by atoms with Gasteiger partial charge in [0.15, 0.2) is 0 Å². The molecule has 1 atom stereocenters. The number of likely N-dealkylation sites (tertiary alicyclic amines) is 1. The Kier molecular flexibility index (Phi) is 10.8. The molecule has 1 unspecified atom stereocenters. The van der Waals surface area contributed by atoms with Crippen molar-refractivity contribution in [1.82, 2.24) is 4.90 Å². The standard InChI is InChI=1S/C9H18NO.C2H6.W/c1-3-4-5-9(11)6-7-10(2)8-9;1-2;/h11H,1,3-8H2,2H3;1-2H3;/q-1;;. The van der Waals surface area contributed by atoms with Crippen LogP contribution in [0.1, 0.15) is 39.5 Å². The fraction of sp³-hybridized carbons (Fsp3) is 0.909. The molecule has 1 aliphatic heterocycles. The average Bonchev–Trinajstić information content (AvgIpc) is 2.47. The maximum Gasteiger partial charge on any atom is 0.0785 e. The largest absolute Gasteiger partial charge is 0.389 e. The molecule has 2 nitrogen and oxygen atoms in total. The number of likely N-dealkylation sites (N-methyl/N-ethyl adjacent to an activating group) is 1. The van der Waals surface area contributed by atoms with Crippen LogP contribution < -0.4 is 0 Å². The van der Waals surface area contributed by atoms with Crippen LogP contribution in [0.15, 0.2) is 0 Å². The molecule has 0 spiro atoms. The van der Waals surface area contributed by atoms with Gasteiger partial charge in [0.1, 0.15) is 0 Å². The minimum absolute atomic E-state index is 0. The number of aliphatic hydroxyl groups is 1. The zero-order valence-electron chi connectivity index (χ0n) is 9.75. The maximum atomic E-state index is 9.92. The number of hydrogen-bond donors (Lipinski definition) is 1. The van der Waals surface area contributed by atoms with Gasteiger partial charge in [-0.1, -0.05) is 20.3 Å². The average molecular weight is 370 g/mol. The topological polar surface area (TPSA) is 23.5 Å². The van der Waals surface area contributed by atoms with Crippen LogP contribution in [0.25, 0.3) is 0 Å². The fourth-order valence-corrected chi connectivity index (χ4v) is 1.72. The van der Waals surface area contributed by atoms with E-state index in [-0.39, 0.29) is 21.1 Å². The second kappa shape index (κ2) is 8.88. The zero-order chi connectivity index (χ0) is 10.3. The van der Waals surface area contributed by atoms with Crippen LogP contribution in [-0.4, -0.2) is 35.7 Å². The molecule has 14 heavy (non-hydrogen) atoms. The summed E-state index contributed by atoms with van der Waals surface area (Å²) in [5, 5.41) is 9.92. The minimum atomic E-state index is -0.396. The van der Waals surface area contributed by atoms with Crippen molar-refractivity contribution >= 4 is 0 Å². The van der Waals surface area contributed by atoms with Crippen molar-refractivity contribution in [2.45, 2.75) is 45.1 Å². The molecule has 0 bridgehead atoms. The van der Waals surface area contributed by atoms with Gasteiger partial charge in [-0.2, -0.15) is 6.42 Å². The summed E-state index contributed by atoms with van der Waals surface area (Å²) in [5.74, 6) is 0. The van der Waals surface area contributed by atoms with Crippen LogP contribution >= 0.6 is 0 Å². The molecule has 0 radical (unpaired) electrons. The van der Waals surface area contributed by atoms with Gasteiger partial charge in [0.25, 0.3) is 0 Å². The molecule has 86 valence electrons. The minimum Gasteiger partial charge on any atom is -0.389 e. The molecule has 1 N–H and O–H groups in total. The molecule has 0 saturated carbocycles. The van der Waals surface area contributed by atoms with E-state index in [4.69, 9.17) is 0 Å². The first-order chi connectivity index (χ1) is 6.16. The Morgan fingerprint density at radius 1 is 1.43 bits per heavy atom. The predicted octanol–water partition coefficient (Wildman–Crippen LogP) is 2.08. The van der Waals surface area contributed by atoms with E-state index in [2.05, 4.69) is 18.9 Å². The zero-order valence-corrected chi connectivity index (χ0v) is 12.7. The van der Waals surface area contributed by atoms with E-state index in [1.54, 1.807) is 0 Å². The molecular formula is C11H24NOW-. The van der Waals surface area contributed by atoms with Crippen LogP contribution in [0.4, 0.5) is 0 Å². The number of hydrogen-bond acceptors (Lipinski definition) is 2. The quantitative estimate of drug-likeness (QED) is 0.770. The van der Waals surface area contributed by atoms with Gasteiger partial charge in [0.05, 0.1) is 5.60 Å². The van der Waals surface area contributed by atoms with Crippen molar-refractivity contribution in [2.75, 3.05) is 20.1 Å². The monoisotopic (exact) mass is 370 g/mol. The van der Waals surface area contributed by atoms with Crippen LogP contribution in [-0.2, 0) is 21.1 Å². The Morgan fingerprint density at radius 3 is 2.36 bits per heavy atom. The van der Waals surface area contributed by atoms with E-state index in [1.165, 1.54) is 0 Å². The molecule has 0 aromatic rings. The van der Waals surface area contributed by atoms with Gasteiger partial charge in [-0.25, -0.2) is 0 Å². The summed E-state index contributed by atoms with van der Waals surface area (Å²) >= 11 is 0. The van der Waals surface area contributed by atoms with Crippen molar-refractivity contribution in [1.29, 1.82) is 0 Å². The van der Waals surface area contributed by atoms with Gasteiger partial charge in [-0.3, -0.25) is 0 Å². The summed E-state index contributed by atoms with van der Waals surface area (Å²) < 4.78 is 0. The van der Waals surface area contributed by atoms with Crippen LogP contribution in [0, 0.1) is 6.92 Å². The smallest absolute Gasteiger partial charge is 0.0785 e. The van der Waals surface area contributed by atoms with Crippen molar-refractivity contribution in [2.24, 2.45) is 0 Å². The first-order valence-electron chi connectivity index (χ1n) is 5.36. The molecule has 1 saturated heterocycles. The van der Waals surface area contributed by atoms with E-state index in [0.717, 1.165) is 38.8 Å². The summed E-state index contributed by atoms with van der Waals surface area (Å²) in [5.41, 5.74) is -0.396. The molecular weight excluding hydrogens is 346 g/mol. The van der Waals surface area contributed by atoms with E-state index >= 15 is 0 Å². The molecule has 0 aromatic heterocycles. The van der Waals surface area contributed by atoms with Crippen LogP contribution in [0.5, 0.6) is 0 Å². The second-order valence-electron chi connectivity index (χ2n) is 3.67. The Bertz CT molecular complexity index is 132. The second-order valence-corrected chi connectivity index (χ2v) is 3.67. The number of rotatable bonds is 3. The number of nitrogens with zero attached hydrogens (tertiary/aromatic N) is 1. The summed E-state index contributed by atoms with van der Waals surface area (Å²) in [4.78, 5) is 2.18. The Balaban J connectivity index is 0. The fourth-order valence-electron chi connectivity index (χ4n) is 1.72. The molecule has 1 rings (SSSR count). The molecule has 1 fully saturated rings. The molecule has 0 aromatic carbocycles. The predicted molar refractivity (Wildman–Crippen MR) is 57.6 cm³/mol. The molecule has 0 amide bonds. The van der Waals surface area contributed by atoms with Gasteiger partial charge >= 0.3 is 0 Å². The van der Waals surface area contributed by atoms with E-state index in [9.17, 15) is 5.11 Å². The summed E-state index contributed by atoms with van der Waals surface area (Å²) in [6, 6.07) is 0. The SMILES string of the molecule is CC.[CH2-]CCCC1(O)CCN(C)C1.[W].